The van der Waals surface area contributed by atoms with E-state index in [2.05, 4.69) is 5.10 Å². The molecular formula is C14H24N4O3. The van der Waals surface area contributed by atoms with Gasteiger partial charge in [0.1, 0.15) is 11.3 Å². The summed E-state index contributed by atoms with van der Waals surface area (Å²) < 4.78 is 12.3. The maximum atomic E-state index is 12.0. The zero-order valence-electron chi connectivity index (χ0n) is 13.1. The third-order valence-electron chi connectivity index (χ3n) is 3.41. The highest BCUT2D eigenvalue weighted by molar-refractivity contribution is 5.68. The normalized spacial score (nSPS) is 16.9. The van der Waals surface area contributed by atoms with Crippen molar-refractivity contribution in [2.45, 2.75) is 45.3 Å². The predicted molar refractivity (Wildman–Crippen MR) is 79.3 cm³/mol. The number of likely N-dealkylation sites (tertiary alicyclic amines) is 1. The molecule has 1 fully saturated rings. The summed E-state index contributed by atoms with van der Waals surface area (Å²) >= 11 is 0. The number of ether oxygens (including phenoxy) is 2. The first-order valence-electron chi connectivity index (χ1n) is 7.16. The van der Waals surface area contributed by atoms with Crippen molar-refractivity contribution in [1.29, 1.82) is 0 Å². The third kappa shape index (κ3) is 3.80. The van der Waals surface area contributed by atoms with Crippen LogP contribution >= 0.6 is 0 Å². The molecule has 0 bridgehead atoms. The third-order valence-corrected chi connectivity index (χ3v) is 3.41. The summed E-state index contributed by atoms with van der Waals surface area (Å²) in [5.74, 6) is 0.449. The van der Waals surface area contributed by atoms with Gasteiger partial charge >= 0.3 is 6.09 Å². The van der Waals surface area contributed by atoms with Crippen LogP contribution in [0.1, 0.15) is 39.7 Å². The number of methoxy groups -OCH3 is 1. The second-order valence-corrected chi connectivity index (χ2v) is 6.27. The number of nitrogen functional groups attached to an aromatic ring is 1. The first-order chi connectivity index (χ1) is 9.80. The van der Waals surface area contributed by atoms with E-state index in [-0.39, 0.29) is 12.1 Å². The van der Waals surface area contributed by atoms with Crippen LogP contribution in [0.3, 0.4) is 0 Å². The maximum Gasteiger partial charge on any atom is 0.410 e. The van der Waals surface area contributed by atoms with Gasteiger partial charge in [0.2, 0.25) is 0 Å². The molecular weight excluding hydrogens is 272 g/mol. The van der Waals surface area contributed by atoms with Crippen LogP contribution in [0.25, 0.3) is 0 Å². The Morgan fingerprint density at radius 3 is 2.48 bits per heavy atom. The molecule has 1 aliphatic heterocycles. The van der Waals surface area contributed by atoms with Crippen molar-refractivity contribution in [3.8, 4) is 5.88 Å². The molecule has 21 heavy (non-hydrogen) atoms. The molecule has 7 nitrogen and oxygen atoms in total. The van der Waals surface area contributed by atoms with Crippen LogP contribution in [0.2, 0.25) is 0 Å². The second-order valence-electron chi connectivity index (χ2n) is 6.27. The average molecular weight is 296 g/mol. The van der Waals surface area contributed by atoms with Crippen LogP contribution in [-0.2, 0) is 4.74 Å². The van der Waals surface area contributed by atoms with Gasteiger partial charge in [-0.3, -0.25) is 4.68 Å². The number of aromatic nitrogens is 2. The zero-order valence-corrected chi connectivity index (χ0v) is 13.1. The van der Waals surface area contributed by atoms with Crippen molar-refractivity contribution in [2.75, 3.05) is 25.9 Å². The Morgan fingerprint density at radius 2 is 2.00 bits per heavy atom. The molecule has 1 aliphatic rings. The van der Waals surface area contributed by atoms with Crippen LogP contribution in [0.4, 0.5) is 10.5 Å². The molecule has 0 spiro atoms. The number of hydrogen-bond donors (Lipinski definition) is 1. The topological polar surface area (TPSA) is 82.6 Å². The van der Waals surface area contributed by atoms with Gasteiger partial charge in [0.05, 0.1) is 19.3 Å². The molecule has 0 radical (unpaired) electrons. The van der Waals surface area contributed by atoms with E-state index < -0.39 is 5.60 Å². The molecule has 1 aromatic heterocycles. The first kappa shape index (κ1) is 15.5. The van der Waals surface area contributed by atoms with Crippen LogP contribution in [0, 0.1) is 0 Å². The van der Waals surface area contributed by atoms with E-state index in [0.29, 0.717) is 24.7 Å². The van der Waals surface area contributed by atoms with Crippen molar-refractivity contribution >= 4 is 11.8 Å². The lowest BCUT2D eigenvalue weighted by molar-refractivity contribution is 0.0184. The molecule has 0 saturated carbocycles. The van der Waals surface area contributed by atoms with Crippen LogP contribution < -0.4 is 10.5 Å². The Kier molecular flexibility index (Phi) is 4.29. The number of carbonyl (C=O) groups is 1. The molecule has 0 aromatic carbocycles. The van der Waals surface area contributed by atoms with Crippen LogP contribution in [-0.4, -0.2) is 46.6 Å². The van der Waals surface area contributed by atoms with E-state index in [1.165, 1.54) is 0 Å². The molecule has 118 valence electrons. The smallest absolute Gasteiger partial charge is 0.410 e. The highest BCUT2D eigenvalue weighted by atomic mass is 16.6. The Bertz CT molecular complexity index is 499. The van der Waals surface area contributed by atoms with Gasteiger partial charge in [-0.25, -0.2) is 4.79 Å². The van der Waals surface area contributed by atoms with Gasteiger partial charge in [0, 0.05) is 13.1 Å². The van der Waals surface area contributed by atoms with Crippen molar-refractivity contribution < 1.29 is 14.3 Å². The predicted octanol–water partition coefficient (Wildman–Crippen LogP) is 2.05. The number of rotatable bonds is 2. The summed E-state index contributed by atoms with van der Waals surface area (Å²) in [4.78, 5) is 13.7. The minimum absolute atomic E-state index is 0.231. The van der Waals surface area contributed by atoms with Crippen molar-refractivity contribution in [2.24, 2.45) is 0 Å². The van der Waals surface area contributed by atoms with Gasteiger partial charge < -0.3 is 20.1 Å². The quantitative estimate of drug-likeness (QED) is 0.903. The minimum Gasteiger partial charge on any atom is -0.478 e. The fourth-order valence-electron chi connectivity index (χ4n) is 2.37. The molecule has 0 aliphatic carbocycles. The fourth-order valence-corrected chi connectivity index (χ4v) is 2.37. The lowest BCUT2D eigenvalue weighted by atomic mass is 10.1. The summed E-state index contributed by atoms with van der Waals surface area (Å²) in [7, 11) is 1.55. The Balaban J connectivity index is 1.92. The molecule has 1 amide bonds. The standard InChI is InChI=1S/C14H24N4O3/c1-14(2,3)21-13(19)17-7-5-10(6-8-17)18-9-11(15)12(16-18)20-4/h9-10H,5-8,15H2,1-4H3. The van der Waals surface area contributed by atoms with Crippen molar-refractivity contribution in [1.82, 2.24) is 14.7 Å². The van der Waals surface area contributed by atoms with E-state index in [9.17, 15) is 4.79 Å². The number of nitrogens with two attached hydrogens (primary N) is 1. The van der Waals surface area contributed by atoms with Gasteiger partial charge in [-0.15, -0.1) is 5.10 Å². The summed E-state index contributed by atoms with van der Waals surface area (Å²) in [5, 5.41) is 4.32. The summed E-state index contributed by atoms with van der Waals surface area (Å²) in [6.45, 7) is 6.92. The van der Waals surface area contributed by atoms with E-state index >= 15 is 0 Å². The summed E-state index contributed by atoms with van der Waals surface area (Å²) in [6, 6.07) is 0.231. The Hall–Kier alpha value is -1.92. The molecule has 1 aromatic rings. The highest BCUT2D eigenvalue weighted by Gasteiger charge is 2.28. The lowest BCUT2D eigenvalue weighted by Crippen LogP contribution is -2.42. The van der Waals surface area contributed by atoms with Gasteiger partial charge in [-0.2, -0.15) is 0 Å². The molecule has 0 atom stereocenters. The molecule has 2 heterocycles. The van der Waals surface area contributed by atoms with E-state index in [4.69, 9.17) is 15.2 Å². The van der Waals surface area contributed by atoms with Gasteiger partial charge in [0.25, 0.3) is 5.88 Å². The number of piperidine rings is 1. The second kappa shape index (κ2) is 5.83. The highest BCUT2D eigenvalue weighted by Crippen LogP contribution is 2.27. The summed E-state index contributed by atoms with van der Waals surface area (Å²) in [6.07, 6.45) is 3.18. The molecule has 7 heteroatoms. The van der Waals surface area contributed by atoms with Crippen molar-refractivity contribution in [3.63, 3.8) is 0 Å². The largest absolute Gasteiger partial charge is 0.478 e. The van der Waals surface area contributed by atoms with E-state index in [0.717, 1.165) is 12.8 Å². The summed E-state index contributed by atoms with van der Waals surface area (Å²) in [5.41, 5.74) is 5.88. The monoisotopic (exact) mass is 296 g/mol. The zero-order chi connectivity index (χ0) is 15.6. The van der Waals surface area contributed by atoms with Crippen molar-refractivity contribution in [3.05, 3.63) is 6.20 Å². The number of anilines is 1. The minimum atomic E-state index is -0.461. The number of nitrogens with zero attached hydrogens (tertiary/aromatic N) is 3. The molecule has 0 unspecified atom stereocenters. The van der Waals surface area contributed by atoms with E-state index in [1.807, 2.05) is 25.5 Å². The first-order valence-corrected chi connectivity index (χ1v) is 7.16. The number of hydrogen-bond acceptors (Lipinski definition) is 5. The molecule has 2 N–H and O–H groups in total. The van der Waals surface area contributed by atoms with Crippen LogP contribution in [0.15, 0.2) is 6.20 Å². The molecule has 1 saturated heterocycles. The average Bonchev–Trinajstić information content (AvgIpc) is 2.78. The molecule has 2 rings (SSSR count). The SMILES string of the molecule is COc1nn(C2CCN(C(=O)OC(C)(C)C)CC2)cc1N. The van der Waals surface area contributed by atoms with Gasteiger partial charge in [-0.1, -0.05) is 0 Å². The van der Waals surface area contributed by atoms with E-state index in [1.54, 1.807) is 18.2 Å². The number of carbonyl (C=O) groups excluding carboxylic acids is 1. The Labute approximate surface area is 125 Å². The fraction of sp³-hybridized carbons (Fsp3) is 0.714. The maximum absolute atomic E-state index is 12.0. The van der Waals surface area contributed by atoms with Gasteiger partial charge in [-0.05, 0) is 33.6 Å². The van der Waals surface area contributed by atoms with Gasteiger partial charge in [0.15, 0.2) is 0 Å². The lowest BCUT2D eigenvalue weighted by Gasteiger charge is -2.33. The Morgan fingerprint density at radius 1 is 1.38 bits per heavy atom. The number of amides is 1. The van der Waals surface area contributed by atoms with Crippen LogP contribution in [0.5, 0.6) is 5.88 Å².